The molecule has 1 aromatic rings. The normalized spacial score (nSPS) is 29.9. The number of nitrogens with one attached hydrogen (secondary N) is 1. The van der Waals surface area contributed by atoms with E-state index in [0.717, 1.165) is 12.5 Å². The number of likely N-dealkylation sites (tertiary alicyclic amines) is 1. The van der Waals surface area contributed by atoms with E-state index in [9.17, 15) is 0 Å². The summed E-state index contributed by atoms with van der Waals surface area (Å²) >= 11 is 0. The quantitative estimate of drug-likeness (QED) is 0.880. The fraction of sp³-hybridized carbons (Fsp3) is 0.857. The fourth-order valence-corrected chi connectivity index (χ4v) is 3.47. The molecule has 2 saturated heterocycles. The van der Waals surface area contributed by atoms with Gasteiger partial charge in [0.15, 0.2) is 0 Å². The molecule has 3 heterocycles. The van der Waals surface area contributed by atoms with Crippen molar-refractivity contribution in [3.05, 3.63) is 12.4 Å². The summed E-state index contributed by atoms with van der Waals surface area (Å²) in [5, 5.41) is 11.4. The Balaban J connectivity index is 1.44. The molecule has 1 atom stereocenters. The second-order valence-corrected chi connectivity index (χ2v) is 6.58. The van der Waals surface area contributed by atoms with Gasteiger partial charge >= 0.3 is 0 Å². The van der Waals surface area contributed by atoms with Crippen LogP contribution in [-0.2, 0) is 6.54 Å². The van der Waals surface area contributed by atoms with Gasteiger partial charge in [-0.25, -0.2) is 0 Å². The SMILES string of the molecule is CC1(CN2CCC(Cn3ccnn3)CC2)CCNC1. The molecule has 0 spiro atoms. The van der Waals surface area contributed by atoms with Crippen molar-refractivity contribution in [3.8, 4) is 0 Å². The van der Waals surface area contributed by atoms with Crippen LogP contribution in [0.25, 0.3) is 0 Å². The third kappa shape index (κ3) is 3.34. The third-order valence-electron chi connectivity index (χ3n) is 4.69. The van der Waals surface area contributed by atoms with E-state index in [2.05, 4.69) is 27.5 Å². The van der Waals surface area contributed by atoms with E-state index in [0.29, 0.717) is 5.41 Å². The summed E-state index contributed by atoms with van der Waals surface area (Å²) in [6.07, 6.45) is 7.65. The summed E-state index contributed by atoms with van der Waals surface area (Å²) in [6, 6.07) is 0. The molecule has 0 saturated carbocycles. The van der Waals surface area contributed by atoms with Gasteiger partial charge in [0.2, 0.25) is 0 Å². The summed E-state index contributed by atoms with van der Waals surface area (Å²) < 4.78 is 1.97. The molecule has 0 aliphatic carbocycles. The molecule has 0 radical (unpaired) electrons. The van der Waals surface area contributed by atoms with Crippen LogP contribution in [0.4, 0.5) is 0 Å². The molecule has 19 heavy (non-hydrogen) atoms. The average molecular weight is 263 g/mol. The molecule has 1 unspecified atom stereocenters. The van der Waals surface area contributed by atoms with Gasteiger partial charge in [0.25, 0.3) is 0 Å². The van der Waals surface area contributed by atoms with Crippen LogP contribution in [-0.4, -0.2) is 52.6 Å². The van der Waals surface area contributed by atoms with Crippen molar-refractivity contribution >= 4 is 0 Å². The highest BCUT2D eigenvalue weighted by atomic mass is 15.4. The first-order chi connectivity index (χ1) is 9.23. The van der Waals surface area contributed by atoms with Crippen LogP contribution >= 0.6 is 0 Å². The van der Waals surface area contributed by atoms with Crippen molar-refractivity contribution in [1.29, 1.82) is 0 Å². The standard InChI is InChI=1S/C14H25N5/c1-14(4-5-15-11-14)12-18-7-2-13(3-8-18)10-19-9-6-16-17-19/h6,9,13,15H,2-5,7-8,10-12H2,1H3. The van der Waals surface area contributed by atoms with Crippen LogP contribution in [0.2, 0.25) is 0 Å². The van der Waals surface area contributed by atoms with Crippen molar-refractivity contribution in [2.45, 2.75) is 32.7 Å². The van der Waals surface area contributed by atoms with Crippen molar-refractivity contribution in [3.63, 3.8) is 0 Å². The average Bonchev–Trinajstić information content (AvgIpc) is 3.04. The molecular formula is C14H25N5. The van der Waals surface area contributed by atoms with Gasteiger partial charge in [-0.1, -0.05) is 12.1 Å². The lowest BCUT2D eigenvalue weighted by Gasteiger charge is -2.37. The van der Waals surface area contributed by atoms with Crippen LogP contribution in [0.5, 0.6) is 0 Å². The lowest BCUT2D eigenvalue weighted by atomic mass is 9.87. The number of hydrogen-bond donors (Lipinski definition) is 1. The second kappa shape index (κ2) is 5.59. The van der Waals surface area contributed by atoms with Crippen molar-refractivity contribution < 1.29 is 0 Å². The molecule has 0 bridgehead atoms. The molecule has 0 aromatic carbocycles. The van der Waals surface area contributed by atoms with Crippen LogP contribution < -0.4 is 5.32 Å². The number of nitrogens with zero attached hydrogens (tertiary/aromatic N) is 4. The smallest absolute Gasteiger partial charge is 0.0692 e. The fourth-order valence-electron chi connectivity index (χ4n) is 3.47. The Morgan fingerprint density at radius 1 is 1.37 bits per heavy atom. The predicted molar refractivity (Wildman–Crippen MR) is 74.8 cm³/mol. The Hall–Kier alpha value is -0.940. The van der Waals surface area contributed by atoms with E-state index in [-0.39, 0.29) is 0 Å². The minimum Gasteiger partial charge on any atom is -0.316 e. The lowest BCUT2D eigenvalue weighted by molar-refractivity contribution is 0.121. The number of aromatic nitrogens is 3. The molecule has 5 nitrogen and oxygen atoms in total. The Labute approximate surface area is 115 Å². The largest absolute Gasteiger partial charge is 0.316 e. The molecule has 2 aliphatic rings. The Bertz CT molecular complexity index is 375. The Morgan fingerprint density at radius 3 is 2.84 bits per heavy atom. The second-order valence-electron chi connectivity index (χ2n) is 6.58. The first-order valence-corrected chi connectivity index (χ1v) is 7.51. The van der Waals surface area contributed by atoms with Gasteiger partial charge in [-0.15, -0.1) is 5.10 Å². The predicted octanol–water partition coefficient (Wildman–Crippen LogP) is 0.990. The highest BCUT2D eigenvalue weighted by Gasteiger charge is 2.32. The minimum atomic E-state index is 0.499. The van der Waals surface area contributed by atoms with Gasteiger partial charge in [0.1, 0.15) is 0 Å². The van der Waals surface area contributed by atoms with E-state index in [1.165, 1.54) is 52.0 Å². The molecule has 0 amide bonds. The van der Waals surface area contributed by atoms with Crippen molar-refractivity contribution in [2.24, 2.45) is 11.3 Å². The van der Waals surface area contributed by atoms with Gasteiger partial charge in [-0.3, -0.25) is 4.68 Å². The van der Waals surface area contributed by atoms with E-state index in [4.69, 9.17) is 0 Å². The van der Waals surface area contributed by atoms with E-state index >= 15 is 0 Å². The maximum Gasteiger partial charge on any atom is 0.0692 e. The van der Waals surface area contributed by atoms with E-state index < -0.39 is 0 Å². The number of rotatable bonds is 4. The first-order valence-electron chi connectivity index (χ1n) is 7.51. The van der Waals surface area contributed by atoms with Gasteiger partial charge in [-0.05, 0) is 50.2 Å². The summed E-state index contributed by atoms with van der Waals surface area (Å²) in [6.45, 7) is 9.59. The Morgan fingerprint density at radius 2 is 2.21 bits per heavy atom. The monoisotopic (exact) mass is 263 g/mol. The molecule has 3 rings (SSSR count). The summed E-state index contributed by atoms with van der Waals surface area (Å²) in [5.41, 5.74) is 0.499. The molecule has 2 aliphatic heterocycles. The molecule has 2 fully saturated rings. The molecular weight excluding hydrogens is 238 g/mol. The van der Waals surface area contributed by atoms with Gasteiger partial charge in [0.05, 0.1) is 6.20 Å². The van der Waals surface area contributed by atoms with Crippen LogP contribution in [0, 0.1) is 11.3 Å². The highest BCUT2D eigenvalue weighted by Crippen LogP contribution is 2.28. The summed E-state index contributed by atoms with van der Waals surface area (Å²) in [5.74, 6) is 0.771. The first kappa shape index (κ1) is 13.1. The topological polar surface area (TPSA) is 46.0 Å². The minimum absolute atomic E-state index is 0.499. The highest BCUT2D eigenvalue weighted by molar-refractivity contribution is 4.88. The maximum atomic E-state index is 4.07. The zero-order valence-electron chi connectivity index (χ0n) is 11.9. The molecule has 5 heteroatoms. The zero-order chi connectivity index (χ0) is 13.1. The van der Waals surface area contributed by atoms with E-state index in [1.54, 1.807) is 6.20 Å². The molecule has 106 valence electrons. The third-order valence-corrected chi connectivity index (χ3v) is 4.69. The van der Waals surface area contributed by atoms with Crippen LogP contribution in [0.15, 0.2) is 12.4 Å². The van der Waals surface area contributed by atoms with Gasteiger partial charge in [-0.2, -0.15) is 0 Å². The molecule has 1 N–H and O–H groups in total. The summed E-state index contributed by atoms with van der Waals surface area (Å²) in [7, 11) is 0. The lowest BCUT2D eigenvalue weighted by Crippen LogP contribution is -2.42. The molecule has 1 aromatic heterocycles. The summed E-state index contributed by atoms with van der Waals surface area (Å²) in [4.78, 5) is 2.66. The maximum absolute atomic E-state index is 4.07. The number of piperidine rings is 1. The van der Waals surface area contributed by atoms with Gasteiger partial charge < -0.3 is 10.2 Å². The zero-order valence-corrected chi connectivity index (χ0v) is 11.9. The van der Waals surface area contributed by atoms with Gasteiger partial charge in [0, 0.05) is 25.8 Å². The Kier molecular flexibility index (Phi) is 3.84. The van der Waals surface area contributed by atoms with Crippen LogP contribution in [0.1, 0.15) is 26.2 Å². The van der Waals surface area contributed by atoms with Crippen LogP contribution in [0.3, 0.4) is 0 Å². The number of hydrogen-bond acceptors (Lipinski definition) is 4. The van der Waals surface area contributed by atoms with E-state index in [1.807, 2.05) is 10.9 Å². The van der Waals surface area contributed by atoms with Crippen molar-refractivity contribution in [1.82, 2.24) is 25.2 Å². The van der Waals surface area contributed by atoms with Crippen molar-refractivity contribution in [2.75, 3.05) is 32.7 Å².